The molecule has 0 saturated carbocycles. The lowest BCUT2D eigenvalue weighted by Gasteiger charge is -2.29. The van der Waals surface area contributed by atoms with Crippen LogP contribution < -0.4 is 10.6 Å². The summed E-state index contributed by atoms with van der Waals surface area (Å²) in [4.78, 5) is 13.5. The summed E-state index contributed by atoms with van der Waals surface area (Å²) >= 11 is 1.83. The molecule has 2 amide bonds. The van der Waals surface area contributed by atoms with Crippen LogP contribution in [0.2, 0.25) is 0 Å². The molecule has 2 atom stereocenters. The molecule has 0 fully saturated rings. The van der Waals surface area contributed by atoms with Crippen molar-refractivity contribution >= 4 is 17.8 Å². The van der Waals surface area contributed by atoms with Gasteiger partial charge in [-0.25, -0.2) is 4.79 Å². The lowest BCUT2D eigenvalue weighted by molar-refractivity contribution is 0.189. The topological polar surface area (TPSA) is 61.4 Å². The van der Waals surface area contributed by atoms with Crippen LogP contribution in [0.25, 0.3) is 0 Å². The van der Waals surface area contributed by atoms with E-state index in [4.69, 9.17) is 0 Å². The molecule has 0 radical (unpaired) electrons. The second-order valence-corrected chi connectivity index (χ2v) is 8.13. The molecule has 1 aromatic carbocycles. The van der Waals surface area contributed by atoms with Crippen molar-refractivity contribution in [3.63, 3.8) is 0 Å². The van der Waals surface area contributed by atoms with Crippen LogP contribution in [-0.4, -0.2) is 29.5 Å². The molecular weight excluding hydrogens is 296 g/mol. The van der Waals surface area contributed by atoms with Crippen molar-refractivity contribution in [3.05, 3.63) is 29.8 Å². The van der Waals surface area contributed by atoms with Crippen molar-refractivity contribution in [3.8, 4) is 0 Å². The molecule has 0 saturated heterocycles. The van der Waals surface area contributed by atoms with Crippen LogP contribution in [0.4, 0.5) is 4.79 Å². The number of carbonyl (C=O) groups is 1. The zero-order valence-corrected chi connectivity index (χ0v) is 14.4. The average molecular weight is 322 g/mol. The Morgan fingerprint density at radius 3 is 2.82 bits per heavy atom. The van der Waals surface area contributed by atoms with E-state index in [1.165, 1.54) is 10.5 Å². The zero-order chi connectivity index (χ0) is 16.2. The van der Waals surface area contributed by atoms with Gasteiger partial charge in [0.1, 0.15) is 0 Å². The van der Waals surface area contributed by atoms with Crippen LogP contribution in [0.1, 0.15) is 45.2 Å². The van der Waals surface area contributed by atoms with Gasteiger partial charge in [0.05, 0.1) is 18.7 Å². The number of hydrogen-bond donors (Lipinski definition) is 3. The maximum atomic E-state index is 12.2. The van der Waals surface area contributed by atoms with E-state index < -0.39 is 0 Å². The summed E-state index contributed by atoms with van der Waals surface area (Å²) < 4.78 is 0. The predicted molar refractivity (Wildman–Crippen MR) is 91.1 cm³/mol. The Morgan fingerprint density at radius 1 is 1.41 bits per heavy atom. The zero-order valence-electron chi connectivity index (χ0n) is 13.6. The molecule has 3 N–H and O–H groups in total. The molecule has 1 heterocycles. The van der Waals surface area contributed by atoms with Gasteiger partial charge in [-0.1, -0.05) is 39.0 Å². The van der Waals surface area contributed by atoms with Crippen LogP contribution >= 0.6 is 11.8 Å². The third-order valence-corrected chi connectivity index (χ3v) is 4.80. The van der Waals surface area contributed by atoms with E-state index in [-0.39, 0.29) is 30.1 Å². The fourth-order valence-electron chi connectivity index (χ4n) is 2.78. The quantitative estimate of drug-likeness (QED) is 0.797. The SMILES string of the molecule is CC(C)(C)CC(CO)NC(=O)NC1CCSc2ccccc21. The van der Waals surface area contributed by atoms with E-state index in [9.17, 15) is 9.90 Å². The Kier molecular flexibility index (Phi) is 5.75. The maximum Gasteiger partial charge on any atom is 0.315 e. The van der Waals surface area contributed by atoms with E-state index in [1.807, 2.05) is 23.9 Å². The number of carbonyl (C=O) groups excluding carboxylic acids is 1. The van der Waals surface area contributed by atoms with Gasteiger partial charge in [0.2, 0.25) is 0 Å². The first kappa shape index (κ1) is 17.2. The Labute approximate surface area is 137 Å². The van der Waals surface area contributed by atoms with Crippen LogP contribution in [0.15, 0.2) is 29.2 Å². The highest BCUT2D eigenvalue weighted by molar-refractivity contribution is 7.99. The second-order valence-electron chi connectivity index (χ2n) is 6.99. The lowest BCUT2D eigenvalue weighted by atomic mass is 9.88. The smallest absolute Gasteiger partial charge is 0.315 e. The Balaban J connectivity index is 1.95. The van der Waals surface area contributed by atoms with Gasteiger partial charge in [0, 0.05) is 10.6 Å². The van der Waals surface area contributed by atoms with Crippen LogP contribution in [0.5, 0.6) is 0 Å². The van der Waals surface area contributed by atoms with Gasteiger partial charge in [-0.2, -0.15) is 0 Å². The molecule has 1 aliphatic rings. The van der Waals surface area contributed by atoms with E-state index in [1.54, 1.807) is 0 Å². The highest BCUT2D eigenvalue weighted by atomic mass is 32.2. The minimum atomic E-state index is -0.215. The Morgan fingerprint density at radius 2 is 2.14 bits per heavy atom. The number of thioether (sulfide) groups is 1. The van der Waals surface area contributed by atoms with Gasteiger partial charge < -0.3 is 15.7 Å². The number of rotatable bonds is 4. The molecule has 1 aliphatic heterocycles. The normalized spacial score (nSPS) is 19.2. The summed E-state index contributed by atoms with van der Waals surface area (Å²) in [5.41, 5.74) is 1.25. The highest BCUT2D eigenvalue weighted by Gasteiger charge is 2.24. The Bertz CT molecular complexity index is 514. The van der Waals surface area contributed by atoms with Crippen molar-refractivity contribution in [2.24, 2.45) is 5.41 Å². The van der Waals surface area contributed by atoms with Gasteiger partial charge in [0.25, 0.3) is 0 Å². The van der Waals surface area contributed by atoms with Gasteiger partial charge in [-0.05, 0) is 29.9 Å². The number of hydrogen-bond acceptors (Lipinski definition) is 3. The molecular formula is C17H26N2O2S. The van der Waals surface area contributed by atoms with E-state index in [2.05, 4.69) is 43.5 Å². The summed E-state index contributed by atoms with van der Waals surface area (Å²) in [6.07, 6.45) is 1.67. The van der Waals surface area contributed by atoms with Gasteiger partial charge >= 0.3 is 6.03 Å². The van der Waals surface area contributed by atoms with Crippen molar-refractivity contribution in [1.82, 2.24) is 10.6 Å². The standard InChI is InChI=1S/C17H26N2O2S/c1-17(2,3)10-12(11-20)18-16(21)19-14-8-9-22-15-7-5-4-6-13(14)15/h4-7,12,14,20H,8-11H2,1-3H3,(H2,18,19,21). The third-order valence-electron chi connectivity index (χ3n) is 3.68. The summed E-state index contributed by atoms with van der Waals surface area (Å²) in [5, 5.41) is 15.4. The molecule has 1 aromatic rings. The summed E-state index contributed by atoms with van der Waals surface area (Å²) in [5.74, 6) is 1.01. The first-order valence-corrected chi connectivity index (χ1v) is 8.77. The number of aliphatic hydroxyl groups is 1. The van der Waals surface area contributed by atoms with Crippen LogP contribution in [0.3, 0.4) is 0 Å². The highest BCUT2D eigenvalue weighted by Crippen LogP contribution is 2.35. The fourth-order valence-corrected chi connectivity index (χ4v) is 3.90. The van der Waals surface area contributed by atoms with Gasteiger partial charge in [-0.3, -0.25) is 0 Å². The fraction of sp³-hybridized carbons (Fsp3) is 0.588. The van der Waals surface area contributed by atoms with E-state index >= 15 is 0 Å². The average Bonchev–Trinajstić information content (AvgIpc) is 2.45. The third kappa shape index (κ3) is 4.92. The minimum absolute atomic E-state index is 0.0399. The number of fused-ring (bicyclic) bond motifs is 1. The van der Waals surface area contributed by atoms with E-state index in [0.717, 1.165) is 18.6 Å². The lowest BCUT2D eigenvalue weighted by Crippen LogP contribution is -2.46. The van der Waals surface area contributed by atoms with Gasteiger partial charge in [-0.15, -0.1) is 11.8 Å². The monoisotopic (exact) mass is 322 g/mol. The van der Waals surface area contributed by atoms with Crippen molar-refractivity contribution in [1.29, 1.82) is 0 Å². The van der Waals surface area contributed by atoms with Crippen molar-refractivity contribution in [2.45, 2.75) is 50.6 Å². The summed E-state index contributed by atoms with van der Waals surface area (Å²) in [6.45, 7) is 6.26. The van der Waals surface area contributed by atoms with Crippen LogP contribution in [0, 0.1) is 5.41 Å². The molecule has 0 bridgehead atoms. The molecule has 0 aliphatic carbocycles. The summed E-state index contributed by atoms with van der Waals surface area (Å²) in [6, 6.07) is 7.84. The van der Waals surface area contributed by atoms with Crippen molar-refractivity contribution < 1.29 is 9.90 Å². The van der Waals surface area contributed by atoms with Crippen LogP contribution in [-0.2, 0) is 0 Å². The minimum Gasteiger partial charge on any atom is -0.394 e. The number of amides is 2. The molecule has 122 valence electrons. The van der Waals surface area contributed by atoms with Gasteiger partial charge in [0.15, 0.2) is 0 Å². The molecule has 2 unspecified atom stereocenters. The first-order valence-electron chi connectivity index (χ1n) is 7.78. The molecule has 0 aromatic heterocycles. The maximum absolute atomic E-state index is 12.2. The predicted octanol–water partition coefficient (Wildman–Crippen LogP) is 3.32. The number of urea groups is 1. The largest absolute Gasteiger partial charge is 0.394 e. The van der Waals surface area contributed by atoms with E-state index in [0.29, 0.717) is 0 Å². The number of benzene rings is 1. The molecule has 22 heavy (non-hydrogen) atoms. The molecule has 5 heteroatoms. The van der Waals surface area contributed by atoms with Crippen molar-refractivity contribution in [2.75, 3.05) is 12.4 Å². The first-order chi connectivity index (χ1) is 10.4. The second kappa shape index (κ2) is 7.38. The molecule has 4 nitrogen and oxygen atoms in total. The molecule has 2 rings (SSSR count). The Hall–Kier alpha value is -1.20. The summed E-state index contributed by atoms with van der Waals surface area (Å²) in [7, 11) is 0. The molecule has 0 spiro atoms. The number of aliphatic hydroxyl groups excluding tert-OH is 1. The number of nitrogens with one attached hydrogen (secondary N) is 2.